The van der Waals surface area contributed by atoms with E-state index >= 15 is 0 Å². The second-order valence-corrected chi connectivity index (χ2v) is 8.21. The van der Waals surface area contributed by atoms with Gasteiger partial charge in [-0.15, -0.1) is 0 Å². The Morgan fingerprint density at radius 2 is 2.10 bits per heavy atom. The molecule has 0 saturated carbocycles. The zero-order valence-electron chi connectivity index (χ0n) is 12.5. The summed E-state index contributed by atoms with van der Waals surface area (Å²) in [5.41, 5.74) is 1.45. The van der Waals surface area contributed by atoms with Crippen molar-refractivity contribution in [3.8, 4) is 0 Å². The molecule has 1 unspecified atom stereocenters. The summed E-state index contributed by atoms with van der Waals surface area (Å²) in [6.07, 6.45) is 3.75. The summed E-state index contributed by atoms with van der Waals surface area (Å²) < 4.78 is 28.3. The van der Waals surface area contributed by atoms with Crippen molar-refractivity contribution in [2.24, 2.45) is 0 Å². The molecule has 1 aromatic carbocycles. The summed E-state index contributed by atoms with van der Waals surface area (Å²) in [5, 5.41) is 9.33. The number of nitrogens with zero attached hydrogens (tertiary/aromatic N) is 1. The molecule has 0 amide bonds. The van der Waals surface area contributed by atoms with E-state index in [2.05, 4.69) is 15.9 Å². The smallest absolute Gasteiger partial charge is 0.244 e. The number of piperidine rings is 1. The molecule has 1 fully saturated rings. The average Bonchev–Trinajstić information content (AvgIpc) is 2.49. The van der Waals surface area contributed by atoms with Crippen LogP contribution in [-0.4, -0.2) is 30.4 Å². The highest BCUT2D eigenvalue weighted by atomic mass is 79.9. The first-order valence-corrected chi connectivity index (χ1v) is 9.56. The van der Waals surface area contributed by atoms with E-state index in [1.807, 2.05) is 13.8 Å². The van der Waals surface area contributed by atoms with Crippen LogP contribution in [0.1, 0.15) is 43.7 Å². The van der Waals surface area contributed by atoms with Gasteiger partial charge in [0.25, 0.3) is 0 Å². The van der Waals surface area contributed by atoms with E-state index in [1.165, 1.54) is 0 Å². The summed E-state index contributed by atoms with van der Waals surface area (Å²) >= 11 is 3.40. The van der Waals surface area contributed by atoms with E-state index in [1.54, 1.807) is 16.4 Å². The van der Waals surface area contributed by atoms with Crippen LogP contribution in [0.3, 0.4) is 0 Å². The number of halogens is 1. The van der Waals surface area contributed by atoms with Gasteiger partial charge in [-0.2, -0.15) is 4.31 Å². The predicted octanol–water partition coefficient (Wildman–Crippen LogP) is 3.20. The van der Waals surface area contributed by atoms with Gasteiger partial charge in [0.05, 0.1) is 11.5 Å². The van der Waals surface area contributed by atoms with Crippen molar-refractivity contribution in [2.75, 3.05) is 6.54 Å². The minimum atomic E-state index is -3.53. The summed E-state index contributed by atoms with van der Waals surface area (Å²) in [6, 6.07) is 3.46. The highest BCUT2D eigenvalue weighted by Gasteiger charge is 2.34. The Bertz CT molecular complexity index is 616. The van der Waals surface area contributed by atoms with E-state index in [-0.39, 0.29) is 17.5 Å². The van der Waals surface area contributed by atoms with Gasteiger partial charge >= 0.3 is 0 Å². The van der Waals surface area contributed by atoms with Gasteiger partial charge in [-0.05, 0) is 59.3 Å². The van der Waals surface area contributed by atoms with Crippen LogP contribution in [0.25, 0.3) is 0 Å². The van der Waals surface area contributed by atoms with Gasteiger partial charge in [-0.3, -0.25) is 0 Å². The second kappa shape index (κ2) is 6.77. The minimum absolute atomic E-state index is 0.0775. The molecule has 0 aliphatic carbocycles. The van der Waals surface area contributed by atoms with E-state index in [9.17, 15) is 13.5 Å². The molecule has 1 saturated heterocycles. The Labute approximate surface area is 135 Å². The molecule has 0 spiro atoms. The van der Waals surface area contributed by atoms with Crippen LogP contribution in [0.5, 0.6) is 0 Å². The van der Waals surface area contributed by atoms with E-state index in [0.717, 1.165) is 31.2 Å². The molecular weight excluding hydrogens is 354 g/mol. The molecule has 6 heteroatoms. The van der Waals surface area contributed by atoms with Gasteiger partial charge in [0.15, 0.2) is 0 Å². The molecule has 118 valence electrons. The van der Waals surface area contributed by atoms with Gasteiger partial charge in [-0.25, -0.2) is 8.42 Å². The number of hydrogen-bond donors (Lipinski definition) is 1. The molecule has 1 aliphatic rings. The highest BCUT2D eigenvalue weighted by Crippen LogP contribution is 2.33. The maximum absolute atomic E-state index is 13.0. The van der Waals surface area contributed by atoms with Crippen molar-refractivity contribution in [1.82, 2.24) is 4.31 Å². The van der Waals surface area contributed by atoms with Crippen LogP contribution >= 0.6 is 15.9 Å². The average molecular weight is 376 g/mol. The first kappa shape index (κ1) is 16.9. The number of hydrogen-bond acceptors (Lipinski definition) is 3. The molecule has 4 nitrogen and oxygen atoms in total. The topological polar surface area (TPSA) is 57.6 Å². The van der Waals surface area contributed by atoms with Crippen LogP contribution in [0, 0.1) is 6.92 Å². The lowest BCUT2D eigenvalue weighted by atomic mass is 10.0. The monoisotopic (exact) mass is 375 g/mol. The molecular formula is C15H22BrNO3S. The number of benzene rings is 1. The summed E-state index contributed by atoms with van der Waals surface area (Å²) in [4.78, 5) is 0.270. The lowest BCUT2D eigenvalue weighted by molar-refractivity contribution is 0.246. The number of rotatable bonds is 4. The number of aliphatic hydroxyl groups is 1. The van der Waals surface area contributed by atoms with Gasteiger partial charge < -0.3 is 5.11 Å². The van der Waals surface area contributed by atoms with Crippen LogP contribution in [-0.2, 0) is 16.6 Å². The summed E-state index contributed by atoms with van der Waals surface area (Å²) in [6.45, 7) is 4.29. The van der Waals surface area contributed by atoms with E-state index in [4.69, 9.17) is 0 Å². The maximum atomic E-state index is 13.0. The molecule has 1 heterocycles. The fourth-order valence-corrected chi connectivity index (χ4v) is 5.71. The van der Waals surface area contributed by atoms with Gasteiger partial charge in [0.1, 0.15) is 0 Å². The summed E-state index contributed by atoms with van der Waals surface area (Å²) in [7, 11) is -3.53. The lowest BCUT2D eigenvalue weighted by Crippen LogP contribution is -2.43. The van der Waals surface area contributed by atoms with Crippen LogP contribution in [0.15, 0.2) is 21.5 Å². The molecule has 1 N–H and O–H groups in total. The van der Waals surface area contributed by atoms with Crippen molar-refractivity contribution in [3.05, 3.63) is 27.7 Å². The third-order valence-corrected chi connectivity index (χ3v) is 7.39. The molecule has 1 aromatic rings. The highest BCUT2D eigenvalue weighted by molar-refractivity contribution is 9.10. The molecule has 0 radical (unpaired) electrons. The minimum Gasteiger partial charge on any atom is -0.392 e. The quantitative estimate of drug-likeness (QED) is 0.878. The Morgan fingerprint density at radius 1 is 1.38 bits per heavy atom. The van der Waals surface area contributed by atoms with Gasteiger partial charge in [-0.1, -0.05) is 19.4 Å². The summed E-state index contributed by atoms with van der Waals surface area (Å²) in [5.74, 6) is 0. The Kier molecular flexibility index (Phi) is 5.46. The van der Waals surface area contributed by atoms with Crippen LogP contribution in [0.4, 0.5) is 0 Å². The fraction of sp³-hybridized carbons (Fsp3) is 0.600. The first-order chi connectivity index (χ1) is 9.91. The molecule has 21 heavy (non-hydrogen) atoms. The number of aliphatic hydroxyl groups excluding tert-OH is 1. The van der Waals surface area contributed by atoms with Gasteiger partial charge in [0.2, 0.25) is 10.0 Å². The molecule has 0 bridgehead atoms. The lowest BCUT2D eigenvalue weighted by Gasteiger charge is -2.34. The molecule has 0 aromatic heterocycles. The third-order valence-electron chi connectivity index (χ3n) is 4.09. The zero-order chi connectivity index (χ0) is 15.6. The molecule has 1 aliphatic heterocycles. The standard InChI is InChI=1S/C15H22BrNO3S/c1-3-13-6-4-5-7-17(13)21(19,20)14-9-12(10-18)8-11(2)15(14)16/h8-9,13,18H,3-7,10H2,1-2H3. The zero-order valence-corrected chi connectivity index (χ0v) is 14.9. The molecule has 2 rings (SSSR count). The van der Waals surface area contributed by atoms with Crippen LogP contribution < -0.4 is 0 Å². The largest absolute Gasteiger partial charge is 0.392 e. The van der Waals surface area contributed by atoms with Crippen LogP contribution in [0.2, 0.25) is 0 Å². The first-order valence-electron chi connectivity index (χ1n) is 7.33. The number of sulfonamides is 1. The maximum Gasteiger partial charge on any atom is 0.244 e. The van der Waals surface area contributed by atoms with Gasteiger partial charge in [0, 0.05) is 17.1 Å². The Morgan fingerprint density at radius 3 is 2.71 bits per heavy atom. The van der Waals surface area contributed by atoms with Crippen molar-refractivity contribution in [2.45, 2.75) is 57.1 Å². The van der Waals surface area contributed by atoms with Crippen molar-refractivity contribution in [1.29, 1.82) is 0 Å². The fourth-order valence-electron chi connectivity index (χ4n) is 2.91. The van der Waals surface area contributed by atoms with E-state index < -0.39 is 10.0 Å². The second-order valence-electron chi connectivity index (χ2n) is 5.56. The van der Waals surface area contributed by atoms with Crippen molar-refractivity contribution >= 4 is 26.0 Å². The molecule has 1 atom stereocenters. The Balaban J connectivity index is 2.50. The van der Waals surface area contributed by atoms with Crippen molar-refractivity contribution < 1.29 is 13.5 Å². The normalized spacial score (nSPS) is 20.7. The number of aryl methyl sites for hydroxylation is 1. The van der Waals surface area contributed by atoms with E-state index in [0.29, 0.717) is 16.6 Å². The predicted molar refractivity (Wildman–Crippen MR) is 86.6 cm³/mol. The SMILES string of the molecule is CCC1CCCCN1S(=O)(=O)c1cc(CO)cc(C)c1Br. The Hall–Kier alpha value is -0.430. The third kappa shape index (κ3) is 3.33. The van der Waals surface area contributed by atoms with Crippen molar-refractivity contribution in [3.63, 3.8) is 0 Å².